The van der Waals surface area contributed by atoms with E-state index in [4.69, 9.17) is 11.6 Å². The number of likely N-dealkylation sites (tertiary alicyclic amines) is 1. The number of amides is 2. The molecule has 30 heavy (non-hydrogen) atoms. The first-order valence-corrected chi connectivity index (χ1v) is 11.6. The van der Waals surface area contributed by atoms with E-state index in [0.717, 1.165) is 36.9 Å². The predicted molar refractivity (Wildman–Crippen MR) is 121 cm³/mol. The van der Waals surface area contributed by atoms with Crippen molar-refractivity contribution in [2.45, 2.75) is 39.7 Å². The number of rotatable bonds is 5. The molecule has 2 aliphatic heterocycles. The van der Waals surface area contributed by atoms with E-state index < -0.39 is 0 Å². The maximum absolute atomic E-state index is 12.8. The van der Waals surface area contributed by atoms with Crippen molar-refractivity contribution in [3.63, 3.8) is 0 Å². The molecule has 4 rings (SSSR count). The molecule has 2 aliphatic rings. The summed E-state index contributed by atoms with van der Waals surface area (Å²) >= 11 is 7.47. The Kier molecular flexibility index (Phi) is 6.41. The largest absolute Gasteiger partial charge is 0.312 e. The molecule has 1 atom stereocenters. The quantitative estimate of drug-likeness (QED) is 0.742. The zero-order valence-electron chi connectivity index (χ0n) is 17.4. The fourth-order valence-electron chi connectivity index (χ4n) is 4.01. The fraction of sp³-hybridized carbons (Fsp3) is 0.500. The zero-order valence-corrected chi connectivity index (χ0v) is 18.9. The standard InChI is InChI=1S/C22H27ClN4O2S/c1-14-7-9-26(10-8-14)13-19-15(2)24-22(30-19)25-21(29)16-11-20(28)27(12-16)18-5-3-17(23)4-6-18/h3-6,14,16H,7-13H2,1-2H3,(H,24,25,29). The van der Waals surface area contributed by atoms with E-state index in [9.17, 15) is 9.59 Å². The van der Waals surface area contributed by atoms with Crippen molar-refractivity contribution in [3.05, 3.63) is 39.9 Å². The molecule has 8 heteroatoms. The Morgan fingerprint density at radius 3 is 2.67 bits per heavy atom. The highest BCUT2D eigenvalue weighted by atomic mass is 35.5. The summed E-state index contributed by atoms with van der Waals surface area (Å²) in [7, 11) is 0. The van der Waals surface area contributed by atoms with Gasteiger partial charge in [-0.15, -0.1) is 11.3 Å². The molecular weight excluding hydrogens is 420 g/mol. The number of thiazole rings is 1. The Bertz CT molecular complexity index is 922. The molecule has 0 aliphatic carbocycles. The summed E-state index contributed by atoms with van der Waals surface area (Å²) in [6.45, 7) is 7.80. The van der Waals surface area contributed by atoms with E-state index >= 15 is 0 Å². The first-order chi connectivity index (χ1) is 14.4. The van der Waals surface area contributed by atoms with Crippen molar-refractivity contribution >= 4 is 45.6 Å². The van der Waals surface area contributed by atoms with Gasteiger partial charge in [-0.1, -0.05) is 18.5 Å². The SMILES string of the molecule is Cc1nc(NC(=O)C2CC(=O)N(c3ccc(Cl)cc3)C2)sc1CN1CCC(C)CC1. The summed E-state index contributed by atoms with van der Waals surface area (Å²) in [5.74, 6) is 0.226. The van der Waals surface area contributed by atoms with Crippen molar-refractivity contribution in [2.75, 3.05) is 29.9 Å². The number of benzene rings is 1. The van der Waals surface area contributed by atoms with E-state index in [2.05, 4.69) is 22.1 Å². The number of hydrogen-bond donors (Lipinski definition) is 1. The van der Waals surface area contributed by atoms with E-state index in [1.54, 1.807) is 40.5 Å². The molecular formula is C22H27ClN4O2S. The van der Waals surface area contributed by atoms with Gasteiger partial charge in [0.1, 0.15) is 0 Å². The minimum atomic E-state index is -0.385. The molecule has 0 radical (unpaired) electrons. The average molecular weight is 447 g/mol. The van der Waals surface area contributed by atoms with Crippen molar-refractivity contribution in [3.8, 4) is 0 Å². The Morgan fingerprint density at radius 2 is 1.97 bits per heavy atom. The first kappa shape index (κ1) is 21.3. The number of halogens is 1. The van der Waals surface area contributed by atoms with Crippen LogP contribution in [0.1, 0.15) is 36.8 Å². The summed E-state index contributed by atoms with van der Waals surface area (Å²) in [6.07, 6.45) is 2.68. The van der Waals surface area contributed by atoms with Gasteiger partial charge in [0.15, 0.2) is 5.13 Å². The third kappa shape index (κ3) is 4.85. The Balaban J connectivity index is 1.36. The molecule has 3 heterocycles. The number of carbonyl (C=O) groups is 2. The Morgan fingerprint density at radius 1 is 1.27 bits per heavy atom. The van der Waals surface area contributed by atoms with Gasteiger partial charge < -0.3 is 10.2 Å². The first-order valence-electron chi connectivity index (χ1n) is 10.4. The number of carbonyl (C=O) groups excluding carboxylic acids is 2. The van der Waals surface area contributed by atoms with E-state index in [-0.39, 0.29) is 24.2 Å². The molecule has 1 aromatic carbocycles. The van der Waals surface area contributed by atoms with Gasteiger partial charge >= 0.3 is 0 Å². The lowest BCUT2D eigenvalue weighted by Crippen LogP contribution is -2.32. The summed E-state index contributed by atoms with van der Waals surface area (Å²) in [4.78, 5) is 35.1. The third-order valence-electron chi connectivity index (χ3n) is 6.00. The highest BCUT2D eigenvalue weighted by Crippen LogP contribution is 2.29. The lowest BCUT2D eigenvalue weighted by molar-refractivity contribution is -0.122. The van der Waals surface area contributed by atoms with Gasteiger partial charge in [-0.05, 0) is 63.0 Å². The number of nitrogens with one attached hydrogen (secondary N) is 1. The topological polar surface area (TPSA) is 65.5 Å². The molecule has 1 N–H and O–H groups in total. The van der Waals surface area contributed by atoms with Crippen molar-refractivity contribution in [1.82, 2.24) is 9.88 Å². The Labute approximate surface area is 186 Å². The second-order valence-corrected chi connectivity index (χ2v) is 9.88. The van der Waals surface area contributed by atoms with Crippen molar-refractivity contribution < 1.29 is 9.59 Å². The lowest BCUT2D eigenvalue weighted by atomic mass is 9.99. The van der Waals surface area contributed by atoms with Gasteiger partial charge in [-0.25, -0.2) is 4.98 Å². The lowest BCUT2D eigenvalue weighted by Gasteiger charge is -2.29. The van der Waals surface area contributed by atoms with E-state index in [1.807, 2.05) is 6.92 Å². The van der Waals surface area contributed by atoms with Crippen LogP contribution >= 0.6 is 22.9 Å². The molecule has 0 spiro atoms. The molecule has 6 nitrogen and oxygen atoms in total. The number of nitrogens with zero attached hydrogens (tertiary/aromatic N) is 3. The normalized spacial score (nSPS) is 20.7. The molecule has 1 unspecified atom stereocenters. The van der Waals surface area contributed by atoms with Gasteiger partial charge in [-0.3, -0.25) is 14.5 Å². The number of aryl methyl sites for hydroxylation is 1. The van der Waals surface area contributed by atoms with Crippen LogP contribution in [0.2, 0.25) is 5.02 Å². The van der Waals surface area contributed by atoms with E-state index in [0.29, 0.717) is 16.7 Å². The molecule has 0 saturated carbocycles. The van der Waals surface area contributed by atoms with Gasteiger partial charge in [-0.2, -0.15) is 0 Å². The van der Waals surface area contributed by atoms with Crippen molar-refractivity contribution in [2.24, 2.45) is 11.8 Å². The van der Waals surface area contributed by atoms with Crippen molar-refractivity contribution in [1.29, 1.82) is 0 Å². The molecule has 0 bridgehead atoms. The second kappa shape index (κ2) is 9.04. The molecule has 2 amide bonds. The fourth-order valence-corrected chi connectivity index (χ4v) is 5.15. The smallest absolute Gasteiger partial charge is 0.231 e. The number of anilines is 2. The molecule has 1 aromatic heterocycles. The zero-order chi connectivity index (χ0) is 21.3. The molecule has 2 saturated heterocycles. The number of hydrogen-bond acceptors (Lipinski definition) is 5. The van der Waals surface area contributed by atoms with Crippen LogP contribution in [0.4, 0.5) is 10.8 Å². The maximum Gasteiger partial charge on any atom is 0.231 e. The minimum absolute atomic E-state index is 0.0483. The van der Waals surface area contributed by atoms with Crippen LogP contribution < -0.4 is 10.2 Å². The molecule has 160 valence electrons. The van der Waals surface area contributed by atoms with Gasteiger partial charge in [0.2, 0.25) is 11.8 Å². The highest BCUT2D eigenvalue weighted by Gasteiger charge is 2.35. The predicted octanol–water partition coefficient (Wildman–Crippen LogP) is 4.33. The van der Waals surface area contributed by atoms with Crippen LogP contribution in [0.5, 0.6) is 0 Å². The summed E-state index contributed by atoms with van der Waals surface area (Å²) in [5.41, 5.74) is 1.74. The van der Waals surface area contributed by atoms with Gasteiger partial charge in [0.05, 0.1) is 11.6 Å². The van der Waals surface area contributed by atoms with E-state index in [1.165, 1.54) is 17.7 Å². The molecule has 2 aromatic rings. The minimum Gasteiger partial charge on any atom is -0.312 e. The summed E-state index contributed by atoms with van der Waals surface area (Å²) in [5, 5.41) is 4.18. The maximum atomic E-state index is 12.8. The highest BCUT2D eigenvalue weighted by molar-refractivity contribution is 7.15. The third-order valence-corrected chi connectivity index (χ3v) is 7.31. The van der Waals surface area contributed by atoms with Crippen LogP contribution in [0, 0.1) is 18.8 Å². The number of piperidine rings is 1. The van der Waals surface area contributed by atoms with Crippen LogP contribution in [0.25, 0.3) is 0 Å². The summed E-state index contributed by atoms with van der Waals surface area (Å²) < 4.78 is 0. The molecule has 2 fully saturated rings. The van der Waals surface area contributed by atoms with Crippen LogP contribution in [0.3, 0.4) is 0 Å². The Hall–Kier alpha value is -1.96. The van der Waals surface area contributed by atoms with Crippen LogP contribution in [-0.2, 0) is 16.1 Å². The van der Waals surface area contributed by atoms with Crippen LogP contribution in [-0.4, -0.2) is 41.3 Å². The average Bonchev–Trinajstić information content (AvgIpc) is 3.27. The van der Waals surface area contributed by atoms with Gasteiger partial charge in [0.25, 0.3) is 0 Å². The van der Waals surface area contributed by atoms with Gasteiger partial charge in [0, 0.05) is 35.1 Å². The second-order valence-electron chi connectivity index (χ2n) is 8.36. The van der Waals surface area contributed by atoms with Crippen LogP contribution in [0.15, 0.2) is 24.3 Å². The monoisotopic (exact) mass is 446 g/mol. The number of aromatic nitrogens is 1. The summed E-state index contributed by atoms with van der Waals surface area (Å²) in [6, 6.07) is 7.11.